The topological polar surface area (TPSA) is 62.3 Å². The Kier molecular flexibility index (Phi) is 3.86. The summed E-state index contributed by atoms with van der Waals surface area (Å²) in [6.07, 6.45) is 0. The Morgan fingerprint density at radius 3 is 3.00 bits per heavy atom. The molecule has 1 aliphatic rings. The first-order valence-corrected chi connectivity index (χ1v) is 8.55. The van der Waals surface area contributed by atoms with Crippen LogP contribution in [-0.4, -0.2) is 39.4 Å². The van der Waals surface area contributed by atoms with Crippen molar-refractivity contribution in [2.75, 3.05) is 16.9 Å². The maximum Gasteiger partial charge on any atom is 0.249 e. The van der Waals surface area contributed by atoms with Gasteiger partial charge in [0.1, 0.15) is 6.04 Å². The second kappa shape index (κ2) is 5.65. The molecule has 0 spiro atoms. The Morgan fingerprint density at radius 2 is 2.24 bits per heavy atom. The van der Waals surface area contributed by atoms with Crippen molar-refractivity contribution >= 4 is 50.3 Å². The number of aromatic nitrogens is 1. The summed E-state index contributed by atoms with van der Waals surface area (Å²) in [4.78, 5) is 29.8. The average Bonchev–Trinajstić information content (AvgIpc) is 3.03. The van der Waals surface area contributed by atoms with Crippen LogP contribution in [0.2, 0.25) is 0 Å². The molecule has 2 heterocycles. The van der Waals surface area contributed by atoms with Crippen LogP contribution in [0.4, 0.5) is 5.13 Å². The van der Waals surface area contributed by atoms with Gasteiger partial charge in [-0.2, -0.15) is 0 Å². The lowest BCUT2D eigenvalue weighted by molar-refractivity contribution is -0.134. The molecule has 0 saturated carbocycles. The first-order valence-electron chi connectivity index (χ1n) is 6.57. The van der Waals surface area contributed by atoms with Gasteiger partial charge in [-0.1, -0.05) is 17.4 Å². The van der Waals surface area contributed by atoms with E-state index in [9.17, 15) is 9.59 Å². The highest BCUT2D eigenvalue weighted by Gasteiger charge is 2.33. The van der Waals surface area contributed by atoms with Crippen molar-refractivity contribution in [2.24, 2.45) is 0 Å². The second-order valence-electron chi connectivity index (χ2n) is 4.98. The number of thiazole rings is 1. The number of benzene rings is 1. The summed E-state index contributed by atoms with van der Waals surface area (Å²) in [5.74, 6) is 0.980. The Bertz CT molecular complexity index is 713. The molecule has 1 saturated heterocycles. The molecule has 2 aromatic rings. The third kappa shape index (κ3) is 2.89. The monoisotopic (exact) mass is 321 g/mol. The molecule has 0 unspecified atom stereocenters. The number of carbonyl (C=O) groups is 2. The number of aryl methyl sites for hydroxylation is 1. The third-order valence-electron chi connectivity index (χ3n) is 3.36. The molecule has 3 rings (SSSR count). The van der Waals surface area contributed by atoms with Gasteiger partial charge in [-0.3, -0.25) is 9.59 Å². The van der Waals surface area contributed by atoms with Gasteiger partial charge in [0.15, 0.2) is 5.13 Å². The zero-order valence-electron chi connectivity index (χ0n) is 11.8. The molecule has 0 bridgehead atoms. The largest absolute Gasteiger partial charge is 0.321 e. The van der Waals surface area contributed by atoms with E-state index in [1.165, 1.54) is 23.8 Å². The summed E-state index contributed by atoms with van der Waals surface area (Å²) < 4.78 is 1.05. The molecule has 1 atom stereocenters. The predicted molar refractivity (Wildman–Crippen MR) is 86.6 cm³/mol. The quantitative estimate of drug-likeness (QED) is 0.923. The molecule has 5 nitrogen and oxygen atoms in total. The SMILES string of the molecule is CC(=O)N1CSC[C@H]1C(=O)Nc1nc2ccc(C)cc2s1. The Labute approximate surface area is 130 Å². The number of carbonyl (C=O) groups excluding carboxylic acids is 2. The lowest BCUT2D eigenvalue weighted by Crippen LogP contribution is -2.43. The fourth-order valence-corrected chi connectivity index (χ4v) is 4.43. The van der Waals surface area contributed by atoms with E-state index in [0.717, 1.165) is 10.2 Å². The molecule has 110 valence electrons. The van der Waals surface area contributed by atoms with Crippen molar-refractivity contribution in [1.29, 1.82) is 0 Å². The van der Waals surface area contributed by atoms with Crippen LogP contribution in [0.3, 0.4) is 0 Å². The molecular formula is C14H15N3O2S2. The highest BCUT2D eigenvalue weighted by molar-refractivity contribution is 7.99. The lowest BCUT2D eigenvalue weighted by atomic mass is 10.2. The average molecular weight is 321 g/mol. The van der Waals surface area contributed by atoms with Gasteiger partial charge < -0.3 is 10.2 Å². The van der Waals surface area contributed by atoms with Crippen LogP contribution >= 0.6 is 23.1 Å². The van der Waals surface area contributed by atoms with Gasteiger partial charge in [0.25, 0.3) is 0 Å². The molecule has 1 aromatic heterocycles. The molecule has 1 aromatic carbocycles. The molecule has 1 fully saturated rings. The molecule has 0 radical (unpaired) electrons. The number of amides is 2. The summed E-state index contributed by atoms with van der Waals surface area (Å²) in [6, 6.07) is 5.60. The number of hydrogen-bond donors (Lipinski definition) is 1. The van der Waals surface area contributed by atoms with E-state index in [1.54, 1.807) is 16.7 Å². The van der Waals surface area contributed by atoms with Crippen LogP contribution in [0.25, 0.3) is 10.2 Å². The molecule has 1 N–H and O–H groups in total. The fraction of sp³-hybridized carbons (Fsp3) is 0.357. The normalized spacial score (nSPS) is 18.2. The standard InChI is InChI=1S/C14H15N3O2S2/c1-8-3-4-10-12(5-8)21-14(15-10)16-13(19)11-6-20-7-17(11)9(2)18/h3-5,11H,6-7H2,1-2H3,(H,15,16,19)/t11-/m0/s1. The van der Waals surface area contributed by atoms with Gasteiger partial charge in [0.05, 0.1) is 16.1 Å². The van der Waals surface area contributed by atoms with E-state index < -0.39 is 6.04 Å². The first kappa shape index (κ1) is 14.3. The van der Waals surface area contributed by atoms with Crippen LogP contribution in [0.15, 0.2) is 18.2 Å². The van der Waals surface area contributed by atoms with Crippen molar-refractivity contribution in [2.45, 2.75) is 19.9 Å². The van der Waals surface area contributed by atoms with Crippen LogP contribution in [0.5, 0.6) is 0 Å². The van der Waals surface area contributed by atoms with Gasteiger partial charge in [0.2, 0.25) is 11.8 Å². The summed E-state index contributed by atoms with van der Waals surface area (Å²) in [5, 5.41) is 3.42. The second-order valence-corrected chi connectivity index (χ2v) is 7.01. The van der Waals surface area contributed by atoms with E-state index in [4.69, 9.17) is 0 Å². The van der Waals surface area contributed by atoms with E-state index in [-0.39, 0.29) is 11.8 Å². The van der Waals surface area contributed by atoms with Crippen molar-refractivity contribution in [3.63, 3.8) is 0 Å². The number of anilines is 1. The number of hydrogen-bond acceptors (Lipinski definition) is 5. The van der Waals surface area contributed by atoms with E-state index >= 15 is 0 Å². The highest BCUT2D eigenvalue weighted by atomic mass is 32.2. The Morgan fingerprint density at radius 1 is 1.43 bits per heavy atom. The van der Waals surface area contributed by atoms with E-state index in [1.807, 2.05) is 19.1 Å². The molecular weight excluding hydrogens is 306 g/mol. The summed E-state index contributed by atoms with van der Waals surface area (Å²) in [6.45, 7) is 3.52. The fourth-order valence-electron chi connectivity index (χ4n) is 2.24. The lowest BCUT2D eigenvalue weighted by Gasteiger charge is -2.20. The minimum Gasteiger partial charge on any atom is -0.321 e. The van der Waals surface area contributed by atoms with Crippen molar-refractivity contribution < 1.29 is 9.59 Å². The summed E-state index contributed by atoms with van der Waals surface area (Å²) in [7, 11) is 0. The molecule has 2 amide bonds. The molecule has 0 aliphatic carbocycles. The minimum absolute atomic E-state index is 0.0694. The zero-order chi connectivity index (χ0) is 15.0. The van der Waals surface area contributed by atoms with Crippen LogP contribution in [-0.2, 0) is 9.59 Å². The molecule has 1 aliphatic heterocycles. The maximum atomic E-state index is 12.3. The van der Waals surface area contributed by atoms with Crippen molar-refractivity contribution in [3.8, 4) is 0 Å². The maximum absolute atomic E-state index is 12.3. The van der Waals surface area contributed by atoms with Crippen LogP contribution in [0, 0.1) is 6.92 Å². The van der Waals surface area contributed by atoms with Gasteiger partial charge >= 0.3 is 0 Å². The van der Waals surface area contributed by atoms with Crippen LogP contribution < -0.4 is 5.32 Å². The van der Waals surface area contributed by atoms with Gasteiger partial charge in [-0.25, -0.2) is 4.98 Å². The number of nitrogens with one attached hydrogen (secondary N) is 1. The summed E-state index contributed by atoms with van der Waals surface area (Å²) in [5.41, 5.74) is 2.05. The van der Waals surface area contributed by atoms with Gasteiger partial charge in [0, 0.05) is 12.7 Å². The third-order valence-corrected chi connectivity index (χ3v) is 5.31. The van der Waals surface area contributed by atoms with Crippen LogP contribution in [0.1, 0.15) is 12.5 Å². The Hall–Kier alpha value is -1.60. The molecule has 21 heavy (non-hydrogen) atoms. The smallest absolute Gasteiger partial charge is 0.249 e. The van der Waals surface area contributed by atoms with E-state index in [2.05, 4.69) is 16.4 Å². The number of fused-ring (bicyclic) bond motifs is 1. The Balaban J connectivity index is 1.78. The van der Waals surface area contributed by atoms with Gasteiger partial charge in [-0.05, 0) is 24.6 Å². The van der Waals surface area contributed by atoms with E-state index in [0.29, 0.717) is 16.8 Å². The minimum atomic E-state index is -0.402. The predicted octanol–water partition coefficient (Wildman–Crippen LogP) is 2.46. The van der Waals surface area contributed by atoms with Gasteiger partial charge in [-0.15, -0.1) is 11.8 Å². The number of nitrogens with zero attached hydrogens (tertiary/aromatic N) is 2. The molecule has 7 heteroatoms. The van der Waals surface area contributed by atoms with Crippen molar-refractivity contribution in [1.82, 2.24) is 9.88 Å². The number of thioether (sulfide) groups is 1. The van der Waals surface area contributed by atoms with Crippen molar-refractivity contribution in [3.05, 3.63) is 23.8 Å². The zero-order valence-corrected chi connectivity index (χ0v) is 13.4. The number of rotatable bonds is 2. The summed E-state index contributed by atoms with van der Waals surface area (Å²) >= 11 is 3.05. The first-order chi connectivity index (χ1) is 10.0. The highest BCUT2D eigenvalue weighted by Crippen LogP contribution is 2.28.